The molecule has 1 fully saturated rings. The van der Waals surface area contributed by atoms with Gasteiger partial charge < -0.3 is 9.64 Å². The fourth-order valence-corrected chi connectivity index (χ4v) is 2.20. The second-order valence-electron chi connectivity index (χ2n) is 6.72. The fourth-order valence-electron chi connectivity index (χ4n) is 2.20. The number of hydrogen-bond acceptors (Lipinski definition) is 6. The molecule has 2 aromatic rings. The summed E-state index contributed by atoms with van der Waals surface area (Å²) in [5.74, 6) is -2.38. The van der Waals surface area contributed by atoms with Crippen LogP contribution in [0.1, 0.15) is 27.2 Å². The van der Waals surface area contributed by atoms with Gasteiger partial charge in [-0.1, -0.05) is 26.0 Å². The van der Waals surface area contributed by atoms with Gasteiger partial charge >= 0.3 is 6.01 Å². The van der Waals surface area contributed by atoms with Gasteiger partial charge in [-0.15, -0.1) is 5.10 Å². The number of nitrogens with zero attached hydrogens (tertiary/aromatic N) is 5. The molecule has 7 nitrogen and oxygen atoms in total. The zero-order valence-corrected chi connectivity index (χ0v) is 12.7. The molecule has 22 heavy (non-hydrogen) atoms. The minimum atomic E-state index is -2.71. The number of H-pyrrole nitrogens is 1. The third-order valence-corrected chi connectivity index (χ3v) is 3.25. The predicted octanol–water partition coefficient (Wildman–Crippen LogP) is 2.02. The maximum Gasteiger partial charge on any atom is 0.320 e. The van der Waals surface area contributed by atoms with Crippen LogP contribution in [0.4, 0.5) is 14.6 Å². The summed E-state index contributed by atoms with van der Waals surface area (Å²) in [5.41, 5.74) is 0.690. The largest absolute Gasteiger partial charge is 0.463 e. The van der Waals surface area contributed by atoms with E-state index in [4.69, 9.17) is 4.74 Å². The quantitative estimate of drug-likeness (QED) is 0.934. The van der Waals surface area contributed by atoms with Gasteiger partial charge in [-0.05, 0) is 5.41 Å². The van der Waals surface area contributed by atoms with Crippen LogP contribution in [0.5, 0.6) is 6.01 Å². The van der Waals surface area contributed by atoms with Gasteiger partial charge in [0.25, 0.3) is 5.92 Å². The molecule has 0 saturated carbocycles. The standard InChI is InChI=1S/C13H18F2N6O/c1-12(2,3)7-22-11-16-9-8(18-20-19-9)10(17-11)21-5-4-13(14,15)6-21/h4-7H2,1-3H3,(H,16,17,18,19,20). The number of halogens is 2. The molecule has 3 rings (SSSR count). The SMILES string of the molecule is CC(C)(C)COc1nc(N2CCC(F)(F)C2)c2nn[nH]c2n1. The first kappa shape index (κ1) is 14.9. The van der Waals surface area contributed by atoms with Gasteiger partial charge in [-0.2, -0.15) is 9.97 Å². The first-order valence-electron chi connectivity index (χ1n) is 7.08. The Morgan fingerprint density at radius 1 is 1.32 bits per heavy atom. The summed E-state index contributed by atoms with van der Waals surface area (Å²) in [7, 11) is 0. The molecule has 1 N–H and O–H groups in total. The Balaban J connectivity index is 1.93. The second kappa shape index (κ2) is 4.99. The molecule has 0 unspecified atom stereocenters. The zero-order chi connectivity index (χ0) is 16.0. The molecule has 2 aromatic heterocycles. The highest BCUT2D eigenvalue weighted by molar-refractivity contribution is 5.82. The van der Waals surface area contributed by atoms with Crippen LogP contribution in [0, 0.1) is 5.41 Å². The van der Waals surface area contributed by atoms with E-state index in [1.54, 1.807) is 0 Å². The van der Waals surface area contributed by atoms with Crippen molar-refractivity contribution in [1.82, 2.24) is 25.4 Å². The number of fused-ring (bicyclic) bond motifs is 1. The topological polar surface area (TPSA) is 79.8 Å². The van der Waals surface area contributed by atoms with Crippen molar-refractivity contribution in [3.63, 3.8) is 0 Å². The van der Waals surface area contributed by atoms with Crippen molar-refractivity contribution in [2.24, 2.45) is 5.41 Å². The van der Waals surface area contributed by atoms with E-state index in [-0.39, 0.29) is 30.9 Å². The lowest BCUT2D eigenvalue weighted by molar-refractivity contribution is 0.0257. The summed E-state index contributed by atoms with van der Waals surface area (Å²) in [6, 6.07) is 0.138. The third-order valence-electron chi connectivity index (χ3n) is 3.25. The summed E-state index contributed by atoms with van der Waals surface area (Å²) in [6.07, 6.45) is -0.200. The molecule has 0 amide bonds. The molecular formula is C13H18F2N6O. The van der Waals surface area contributed by atoms with E-state index in [9.17, 15) is 8.78 Å². The number of nitrogens with one attached hydrogen (secondary N) is 1. The van der Waals surface area contributed by atoms with E-state index in [1.807, 2.05) is 20.8 Å². The number of alkyl halides is 2. The van der Waals surface area contributed by atoms with Crippen LogP contribution in [-0.2, 0) is 0 Å². The number of aromatic nitrogens is 5. The lowest BCUT2D eigenvalue weighted by Crippen LogP contribution is -2.26. The van der Waals surface area contributed by atoms with E-state index in [0.717, 1.165) is 0 Å². The Labute approximate surface area is 126 Å². The van der Waals surface area contributed by atoms with Crippen LogP contribution in [0.15, 0.2) is 0 Å². The number of aromatic amines is 1. The molecule has 0 bridgehead atoms. The van der Waals surface area contributed by atoms with Crippen LogP contribution in [-0.4, -0.2) is 51.0 Å². The monoisotopic (exact) mass is 312 g/mol. The Bertz CT molecular complexity index is 681. The van der Waals surface area contributed by atoms with Gasteiger partial charge in [0.1, 0.15) is 0 Å². The molecule has 0 aliphatic carbocycles. The van der Waals surface area contributed by atoms with Gasteiger partial charge in [0.15, 0.2) is 17.0 Å². The zero-order valence-electron chi connectivity index (χ0n) is 12.7. The highest BCUT2D eigenvalue weighted by Gasteiger charge is 2.40. The van der Waals surface area contributed by atoms with Crippen molar-refractivity contribution in [3.8, 4) is 6.01 Å². The molecule has 3 heterocycles. The first-order chi connectivity index (χ1) is 10.2. The number of rotatable bonds is 3. The van der Waals surface area contributed by atoms with Crippen molar-refractivity contribution in [1.29, 1.82) is 0 Å². The molecule has 1 saturated heterocycles. The van der Waals surface area contributed by atoms with E-state index in [0.29, 0.717) is 23.6 Å². The van der Waals surface area contributed by atoms with Gasteiger partial charge in [-0.3, -0.25) is 0 Å². The molecule has 120 valence electrons. The molecule has 1 aliphatic heterocycles. The molecule has 1 aliphatic rings. The Hall–Kier alpha value is -2.06. The summed E-state index contributed by atoms with van der Waals surface area (Å²) in [4.78, 5) is 9.94. The Morgan fingerprint density at radius 2 is 2.09 bits per heavy atom. The summed E-state index contributed by atoms with van der Waals surface area (Å²) >= 11 is 0. The smallest absolute Gasteiger partial charge is 0.320 e. The van der Waals surface area contributed by atoms with Crippen molar-refractivity contribution in [3.05, 3.63) is 0 Å². The maximum absolute atomic E-state index is 13.5. The highest BCUT2D eigenvalue weighted by atomic mass is 19.3. The van der Waals surface area contributed by atoms with Crippen LogP contribution in [0.3, 0.4) is 0 Å². The van der Waals surface area contributed by atoms with Crippen LogP contribution >= 0.6 is 0 Å². The van der Waals surface area contributed by atoms with Crippen molar-refractivity contribution in [2.75, 3.05) is 24.6 Å². The van der Waals surface area contributed by atoms with Crippen LogP contribution < -0.4 is 9.64 Å². The maximum atomic E-state index is 13.5. The minimum Gasteiger partial charge on any atom is -0.463 e. The fraction of sp³-hybridized carbons (Fsp3) is 0.692. The lowest BCUT2D eigenvalue weighted by atomic mass is 9.99. The lowest BCUT2D eigenvalue weighted by Gasteiger charge is -2.20. The van der Waals surface area contributed by atoms with Crippen molar-refractivity contribution < 1.29 is 13.5 Å². The van der Waals surface area contributed by atoms with Crippen LogP contribution in [0.25, 0.3) is 11.2 Å². The molecule has 0 radical (unpaired) electrons. The average Bonchev–Trinajstić information content (AvgIpc) is 3.00. The first-order valence-corrected chi connectivity index (χ1v) is 7.08. The predicted molar refractivity (Wildman–Crippen MR) is 76.2 cm³/mol. The Kier molecular flexibility index (Phi) is 3.37. The normalized spacial score (nSPS) is 18.1. The van der Waals surface area contributed by atoms with Crippen molar-refractivity contribution in [2.45, 2.75) is 33.1 Å². The average molecular weight is 312 g/mol. The van der Waals surface area contributed by atoms with Gasteiger partial charge in [0.2, 0.25) is 0 Å². The molecule has 0 aromatic carbocycles. The van der Waals surface area contributed by atoms with Gasteiger partial charge in [0, 0.05) is 13.0 Å². The Morgan fingerprint density at radius 3 is 2.73 bits per heavy atom. The third kappa shape index (κ3) is 3.07. The summed E-state index contributed by atoms with van der Waals surface area (Å²) in [6.45, 7) is 6.30. The second-order valence-corrected chi connectivity index (χ2v) is 6.72. The van der Waals surface area contributed by atoms with Gasteiger partial charge in [0.05, 0.1) is 13.2 Å². The van der Waals surface area contributed by atoms with E-state index < -0.39 is 5.92 Å². The molecule has 9 heteroatoms. The molecule has 0 atom stereocenters. The number of anilines is 1. The van der Waals surface area contributed by atoms with Gasteiger partial charge in [-0.25, -0.2) is 13.9 Å². The molecule has 0 spiro atoms. The number of hydrogen-bond donors (Lipinski definition) is 1. The van der Waals surface area contributed by atoms with Crippen molar-refractivity contribution >= 4 is 17.0 Å². The van der Waals surface area contributed by atoms with Crippen LogP contribution in [0.2, 0.25) is 0 Å². The molecular weight excluding hydrogens is 294 g/mol. The van der Waals surface area contributed by atoms with E-state index >= 15 is 0 Å². The summed E-state index contributed by atoms with van der Waals surface area (Å²) < 4.78 is 32.5. The highest BCUT2D eigenvalue weighted by Crippen LogP contribution is 2.33. The minimum absolute atomic E-state index is 0.0641. The van der Waals surface area contributed by atoms with E-state index in [1.165, 1.54) is 4.90 Å². The number of ether oxygens (including phenoxy) is 1. The summed E-state index contributed by atoms with van der Waals surface area (Å²) in [5, 5.41) is 10.2. The van der Waals surface area contributed by atoms with E-state index in [2.05, 4.69) is 25.4 Å².